The van der Waals surface area contributed by atoms with Crippen LogP contribution >= 0.6 is 11.3 Å². The van der Waals surface area contributed by atoms with E-state index in [4.69, 9.17) is 10.7 Å². The van der Waals surface area contributed by atoms with Crippen LogP contribution in [0.2, 0.25) is 0 Å². The van der Waals surface area contributed by atoms with Gasteiger partial charge in [-0.1, -0.05) is 41.0 Å². The van der Waals surface area contributed by atoms with Crippen LogP contribution in [0.3, 0.4) is 0 Å². The van der Waals surface area contributed by atoms with Crippen LogP contribution in [-0.2, 0) is 12.0 Å². The van der Waals surface area contributed by atoms with Gasteiger partial charge >= 0.3 is 0 Å². The molecule has 1 aromatic rings. The van der Waals surface area contributed by atoms with Crippen molar-refractivity contribution in [2.45, 2.75) is 53.0 Å². The van der Waals surface area contributed by atoms with E-state index in [9.17, 15) is 0 Å². The number of anilines is 1. The molecule has 4 heteroatoms. The summed E-state index contributed by atoms with van der Waals surface area (Å²) in [5, 5.41) is 1.10. The minimum atomic E-state index is 0.0701. The van der Waals surface area contributed by atoms with Crippen LogP contribution in [-0.4, -0.2) is 18.6 Å². The van der Waals surface area contributed by atoms with E-state index in [2.05, 4.69) is 46.6 Å². The molecule has 1 atom stereocenters. The zero-order valence-corrected chi connectivity index (χ0v) is 13.4. The Hall–Kier alpha value is -0.610. The Morgan fingerprint density at radius 2 is 2.00 bits per heavy atom. The van der Waals surface area contributed by atoms with E-state index in [0.29, 0.717) is 12.5 Å². The Balaban J connectivity index is 2.94. The summed E-state index contributed by atoms with van der Waals surface area (Å²) in [5.41, 5.74) is 7.06. The Morgan fingerprint density at radius 3 is 2.39 bits per heavy atom. The number of nitrogens with zero attached hydrogens (tertiary/aromatic N) is 2. The standard InChI is InChI=1S/C14H27N3S/c1-7-10(2)9-17(6)13-16-12(14(3,4)5)11(8-15)18-13/h10H,7-9,15H2,1-6H3. The predicted molar refractivity (Wildman–Crippen MR) is 81.4 cm³/mol. The van der Waals surface area contributed by atoms with Crippen molar-refractivity contribution in [3.63, 3.8) is 0 Å². The quantitative estimate of drug-likeness (QED) is 0.891. The summed E-state index contributed by atoms with van der Waals surface area (Å²) in [6, 6.07) is 0. The largest absolute Gasteiger partial charge is 0.351 e. The van der Waals surface area contributed by atoms with Crippen molar-refractivity contribution in [1.29, 1.82) is 0 Å². The molecule has 0 saturated carbocycles. The Bertz CT molecular complexity index is 379. The lowest BCUT2D eigenvalue weighted by molar-refractivity contribution is 0.552. The molecule has 0 bridgehead atoms. The van der Waals surface area contributed by atoms with Crippen molar-refractivity contribution in [3.05, 3.63) is 10.6 Å². The number of hydrogen-bond acceptors (Lipinski definition) is 4. The smallest absolute Gasteiger partial charge is 0.185 e. The Labute approximate surface area is 115 Å². The third-order valence-corrected chi connectivity index (χ3v) is 4.38. The fraction of sp³-hybridized carbons (Fsp3) is 0.786. The Morgan fingerprint density at radius 1 is 1.39 bits per heavy atom. The summed E-state index contributed by atoms with van der Waals surface area (Å²) >= 11 is 1.74. The molecule has 1 heterocycles. The fourth-order valence-electron chi connectivity index (χ4n) is 1.90. The lowest BCUT2D eigenvalue weighted by Gasteiger charge is -2.20. The average molecular weight is 269 g/mol. The minimum Gasteiger partial charge on any atom is -0.351 e. The average Bonchev–Trinajstić information content (AvgIpc) is 2.72. The maximum absolute atomic E-state index is 5.84. The summed E-state index contributed by atoms with van der Waals surface area (Å²) in [6.45, 7) is 12.7. The first-order valence-corrected chi connectivity index (χ1v) is 7.52. The number of nitrogens with two attached hydrogens (primary N) is 1. The first kappa shape index (κ1) is 15.4. The fourth-order valence-corrected chi connectivity index (χ4v) is 3.02. The van der Waals surface area contributed by atoms with Crippen molar-refractivity contribution in [1.82, 2.24) is 4.98 Å². The monoisotopic (exact) mass is 269 g/mol. The molecule has 0 aliphatic heterocycles. The van der Waals surface area contributed by atoms with E-state index >= 15 is 0 Å². The second-order valence-corrected chi connectivity index (χ2v) is 7.18. The summed E-state index contributed by atoms with van der Waals surface area (Å²) < 4.78 is 0. The maximum atomic E-state index is 5.84. The van der Waals surface area contributed by atoms with Gasteiger partial charge in [-0.2, -0.15) is 0 Å². The Kier molecular flexibility index (Phi) is 5.17. The van der Waals surface area contributed by atoms with Gasteiger partial charge in [0.05, 0.1) is 5.69 Å². The number of rotatable bonds is 5. The molecule has 0 aromatic carbocycles. The molecular formula is C14H27N3S. The van der Waals surface area contributed by atoms with Crippen LogP contribution in [0, 0.1) is 5.92 Å². The zero-order valence-electron chi connectivity index (χ0n) is 12.6. The van der Waals surface area contributed by atoms with Gasteiger partial charge < -0.3 is 10.6 Å². The van der Waals surface area contributed by atoms with E-state index in [0.717, 1.165) is 17.4 Å². The molecule has 0 saturated heterocycles. The molecule has 1 unspecified atom stereocenters. The van der Waals surface area contributed by atoms with Crippen LogP contribution in [0.4, 0.5) is 5.13 Å². The predicted octanol–water partition coefficient (Wildman–Crippen LogP) is 3.38. The molecule has 0 spiro atoms. The summed E-state index contributed by atoms with van der Waals surface area (Å²) in [4.78, 5) is 8.28. The number of thiazole rings is 1. The number of hydrogen-bond donors (Lipinski definition) is 1. The van der Waals surface area contributed by atoms with Crippen LogP contribution in [0.25, 0.3) is 0 Å². The summed E-state index contributed by atoms with van der Waals surface area (Å²) in [5.74, 6) is 0.693. The second-order valence-electron chi connectivity index (χ2n) is 6.12. The molecule has 0 amide bonds. The minimum absolute atomic E-state index is 0.0701. The highest BCUT2D eigenvalue weighted by atomic mass is 32.1. The molecule has 0 aliphatic rings. The molecule has 0 aliphatic carbocycles. The topological polar surface area (TPSA) is 42.2 Å². The highest BCUT2D eigenvalue weighted by Gasteiger charge is 2.23. The van der Waals surface area contributed by atoms with Crippen molar-refractivity contribution < 1.29 is 0 Å². The van der Waals surface area contributed by atoms with Crippen LogP contribution in [0.5, 0.6) is 0 Å². The molecule has 104 valence electrons. The molecule has 1 rings (SSSR count). The molecule has 0 radical (unpaired) electrons. The van der Waals surface area contributed by atoms with Crippen molar-refractivity contribution in [2.75, 3.05) is 18.5 Å². The van der Waals surface area contributed by atoms with Crippen LogP contribution in [0.15, 0.2) is 0 Å². The van der Waals surface area contributed by atoms with Gasteiger partial charge in [-0.05, 0) is 5.92 Å². The van der Waals surface area contributed by atoms with Gasteiger partial charge in [0.2, 0.25) is 0 Å². The van der Waals surface area contributed by atoms with E-state index in [1.165, 1.54) is 11.3 Å². The van der Waals surface area contributed by atoms with Gasteiger partial charge in [0.1, 0.15) is 0 Å². The third-order valence-electron chi connectivity index (χ3n) is 3.19. The number of aromatic nitrogens is 1. The molecule has 18 heavy (non-hydrogen) atoms. The van der Waals surface area contributed by atoms with Gasteiger partial charge in [-0.25, -0.2) is 4.98 Å². The van der Waals surface area contributed by atoms with Gasteiger partial charge in [-0.15, -0.1) is 11.3 Å². The second kappa shape index (κ2) is 6.02. The molecule has 0 fully saturated rings. The zero-order chi connectivity index (χ0) is 13.9. The third kappa shape index (κ3) is 3.69. The van der Waals surface area contributed by atoms with Crippen molar-refractivity contribution in [3.8, 4) is 0 Å². The SMILES string of the molecule is CCC(C)CN(C)c1nc(C(C)(C)C)c(CN)s1. The molecular weight excluding hydrogens is 242 g/mol. The van der Waals surface area contributed by atoms with E-state index < -0.39 is 0 Å². The van der Waals surface area contributed by atoms with E-state index in [-0.39, 0.29) is 5.41 Å². The first-order chi connectivity index (χ1) is 8.29. The van der Waals surface area contributed by atoms with Crippen LogP contribution in [0.1, 0.15) is 51.6 Å². The van der Waals surface area contributed by atoms with Gasteiger partial charge in [0.25, 0.3) is 0 Å². The lowest BCUT2D eigenvalue weighted by Crippen LogP contribution is -2.23. The van der Waals surface area contributed by atoms with Gasteiger partial charge in [0, 0.05) is 30.4 Å². The molecule has 1 aromatic heterocycles. The van der Waals surface area contributed by atoms with Crippen LogP contribution < -0.4 is 10.6 Å². The highest BCUT2D eigenvalue weighted by Crippen LogP contribution is 2.33. The van der Waals surface area contributed by atoms with Gasteiger partial charge in [-0.3, -0.25) is 0 Å². The first-order valence-electron chi connectivity index (χ1n) is 6.71. The lowest BCUT2D eigenvalue weighted by atomic mass is 9.91. The molecule has 2 N–H and O–H groups in total. The van der Waals surface area contributed by atoms with E-state index in [1.807, 2.05) is 0 Å². The molecule has 3 nitrogen and oxygen atoms in total. The van der Waals surface area contributed by atoms with Crippen molar-refractivity contribution >= 4 is 16.5 Å². The summed E-state index contributed by atoms with van der Waals surface area (Å²) in [7, 11) is 2.12. The normalized spacial score (nSPS) is 13.7. The van der Waals surface area contributed by atoms with E-state index in [1.54, 1.807) is 11.3 Å². The van der Waals surface area contributed by atoms with Gasteiger partial charge in [0.15, 0.2) is 5.13 Å². The van der Waals surface area contributed by atoms with Crippen molar-refractivity contribution in [2.24, 2.45) is 11.7 Å². The summed E-state index contributed by atoms with van der Waals surface area (Å²) in [6.07, 6.45) is 1.20. The highest BCUT2D eigenvalue weighted by molar-refractivity contribution is 7.15. The maximum Gasteiger partial charge on any atom is 0.185 e.